The fourth-order valence-corrected chi connectivity index (χ4v) is 2.06. The zero-order valence-corrected chi connectivity index (χ0v) is 11.6. The van der Waals surface area contributed by atoms with Crippen LogP contribution < -0.4 is 14.8 Å². The molecule has 0 aliphatic carbocycles. The molecule has 6 nitrogen and oxygen atoms in total. The lowest BCUT2D eigenvalue weighted by atomic mass is 10.3. The van der Waals surface area contributed by atoms with Crippen molar-refractivity contribution < 1.29 is 14.3 Å². The first-order chi connectivity index (χ1) is 8.67. The summed E-state index contributed by atoms with van der Waals surface area (Å²) >= 11 is 4.05. The highest BCUT2D eigenvalue weighted by atomic mass is 79.9. The Morgan fingerprint density at radius 2 is 2.11 bits per heavy atom. The molecule has 0 spiro atoms. The molecule has 1 aromatic carbocycles. The van der Waals surface area contributed by atoms with Crippen LogP contribution >= 0.6 is 27.5 Å². The second-order valence-electron chi connectivity index (χ2n) is 3.07. The van der Waals surface area contributed by atoms with Crippen molar-refractivity contribution in [1.29, 1.82) is 0 Å². The molecule has 1 heterocycles. The van der Waals surface area contributed by atoms with Crippen molar-refractivity contribution in [3.8, 4) is 10.9 Å². The maximum Gasteiger partial charge on any atom is 0.419 e. The highest BCUT2D eigenvalue weighted by molar-refractivity contribution is 9.10. The lowest BCUT2D eigenvalue weighted by molar-refractivity contribution is 0.215. The third-order valence-electron chi connectivity index (χ3n) is 1.90. The van der Waals surface area contributed by atoms with E-state index in [1.807, 2.05) is 0 Å². The van der Waals surface area contributed by atoms with Gasteiger partial charge in [0, 0.05) is 17.2 Å². The number of rotatable bonds is 3. The number of ether oxygens (including phenoxy) is 2. The van der Waals surface area contributed by atoms with Crippen LogP contribution in [0.1, 0.15) is 0 Å². The first-order valence-corrected chi connectivity index (χ1v) is 6.36. The summed E-state index contributed by atoms with van der Waals surface area (Å²) in [6.07, 6.45) is -0.621. The zero-order chi connectivity index (χ0) is 13.0. The molecule has 1 N–H and O–H groups in total. The molecule has 0 fully saturated rings. The molecule has 0 radical (unpaired) electrons. The van der Waals surface area contributed by atoms with Crippen LogP contribution in [0.5, 0.6) is 10.9 Å². The largest absolute Gasteiger partial charge is 0.497 e. The van der Waals surface area contributed by atoms with Crippen LogP contribution in [0.25, 0.3) is 0 Å². The van der Waals surface area contributed by atoms with Gasteiger partial charge in [0.05, 0.1) is 7.11 Å². The second-order valence-corrected chi connectivity index (χ2v) is 4.50. The van der Waals surface area contributed by atoms with Gasteiger partial charge >= 0.3 is 11.3 Å². The lowest BCUT2D eigenvalue weighted by Crippen LogP contribution is -2.16. The van der Waals surface area contributed by atoms with Gasteiger partial charge in [-0.3, -0.25) is 5.32 Å². The molecule has 2 aromatic rings. The standard InChI is InChI=1S/C10H8BrN3O3S/c1-16-7-4-2-6(3-5-7)12-9(15)17-10-13-8(11)14-18-10/h2-5H,1H3,(H,12,15). The topological polar surface area (TPSA) is 73.3 Å². The van der Waals surface area contributed by atoms with E-state index >= 15 is 0 Å². The molecule has 94 valence electrons. The summed E-state index contributed by atoms with van der Waals surface area (Å²) in [6.45, 7) is 0. The monoisotopic (exact) mass is 329 g/mol. The van der Waals surface area contributed by atoms with Crippen LogP contribution in [0.3, 0.4) is 0 Å². The number of halogens is 1. The summed E-state index contributed by atoms with van der Waals surface area (Å²) in [5.41, 5.74) is 0.601. The van der Waals surface area contributed by atoms with Crippen LogP contribution in [0.15, 0.2) is 29.0 Å². The van der Waals surface area contributed by atoms with Gasteiger partial charge in [-0.1, -0.05) is 0 Å². The smallest absolute Gasteiger partial charge is 0.419 e. The summed E-state index contributed by atoms with van der Waals surface area (Å²) in [5, 5.41) is 2.73. The first-order valence-electron chi connectivity index (χ1n) is 4.79. The van der Waals surface area contributed by atoms with E-state index in [1.54, 1.807) is 31.4 Å². The molecule has 0 unspecified atom stereocenters. The van der Waals surface area contributed by atoms with Crippen LogP contribution in [-0.2, 0) is 0 Å². The molecule has 2 rings (SSSR count). The molecule has 8 heteroatoms. The van der Waals surface area contributed by atoms with Gasteiger partial charge in [-0.15, -0.1) is 0 Å². The van der Waals surface area contributed by atoms with Crippen molar-refractivity contribution in [1.82, 2.24) is 9.36 Å². The van der Waals surface area contributed by atoms with Gasteiger partial charge in [0.15, 0.2) is 0 Å². The van der Waals surface area contributed by atoms with Gasteiger partial charge in [-0.25, -0.2) is 4.79 Å². The normalized spacial score (nSPS) is 9.89. The van der Waals surface area contributed by atoms with Gasteiger partial charge in [0.2, 0.25) is 4.73 Å². The number of hydrogen-bond donors (Lipinski definition) is 1. The van der Waals surface area contributed by atoms with Crippen LogP contribution in [0, 0.1) is 0 Å². The third kappa shape index (κ3) is 3.41. The summed E-state index contributed by atoms with van der Waals surface area (Å²) in [4.78, 5) is 15.3. The fraction of sp³-hybridized carbons (Fsp3) is 0.100. The Hall–Kier alpha value is -1.67. The minimum Gasteiger partial charge on any atom is -0.497 e. The van der Waals surface area contributed by atoms with Crippen LogP contribution in [0.4, 0.5) is 10.5 Å². The van der Waals surface area contributed by atoms with E-state index in [4.69, 9.17) is 9.47 Å². The van der Waals surface area contributed by atoms with Crippen molar-refractivity contribution in [2.24, 2.45) is 0 Å². The molecule has 18 heavy (non-hydrogen) atoms. The number of amides is 1. The number of nitrogens with one attached hydrogen (secondary N) is 1. The maximum absolute atomic E-state index is 11.5. The van der Waals surface area contributed by atoms with Crippen LogP contribution in [0.2, 0.25) is 0 Å². The fourth-order valence-electron chi connectivity index (χ4n) is 1.13. The molecular weight excluding hydrogens is 322 g/mol. The summed E-state index contributed by atoms with van der Waals surface area (Å²) < 4.78 is 14.1. The quantitative estimate of drug-likeness (QED) is 0.937. The number of benzene rings is 1. The SMILES string of the molecule is COc1ccc(NC(=O)Oc2nc(Br)ns2)cc1. The zero-order valence-electron chi connectivity index (χ0n) is 9.21. The summed E-state index contributed by atoms with van der Waals surface area (Å²) in [5.74, 6) is 0.710. The number of nitrogens with zero attached hydrogens (tertiary/aromatic N) is 2. The van der Waals surface area contributed by atoms with E-state index in [0.29, 0.717) is 16.2 Å². The molecule has 1 amide bonds. The molecule has 0 atom stereocenters. The molecule has 0 bridgehead atoms. The van der Waals surface area contributed by atoms with Crippen molar-refractivity contribution in [2.45, 2.75) is 0 Å². The van der Waals surface area contributed by atoms with Gasteiger partial charge < -0.3 is 9.47 Å². The molecule has 0 saturated carbocycles. The highest BCUT2D eigenvalue weighted by Crippen LogP contribution is 2.19. The maximum atomic E-state index is 11.5. The summed E-state index contributed by atoms with van der Waals surface area (Å²) in [7, 11) is 1.57. The van der Waals surface area contributed by atoms with Crippen molar-refractivity contribution >= 4 is 39.2 Å². The average Bonchev–Trinajstić information content (AvgIpc) is 2.75. The van der Waals surface area contributed by atoms with Crippen molar-refractivity contribution in [3.63, 3.8) is 0 Å². The predicted octanol–water partition coefficient (Wildman–Crippen LogP) is 2.92. The van der Waals surface area contributed by atoms with E-state index in [0.717, 1.165) is 11.5 Å². The number of carbonyl (C=O) groups is 1. The number of carbonyl (C=O) groups excluding carboxylic acids is 1. The van der Waals surface area contributed by atoms with Gasteiger partial charge in [0.1, 0.15) is 5.75 Å². The molecule has 0 saturated heterocycles. The molecule has 0 aliphatic heterocycles. The Bertz CT molecular complexity index is 544. The summed E-state index contributed by atoms with van der Waals surface area (Å²) in [6, 6.07) is 6.88. The Labute approximate surface area is 115 Å². The molecular formula is C10H8BrN3O3S. The Kier molecular flexibility index (Phi) is 4.11. The lowest BCUT2D eigenvalue weighted by Gasteiger charge is -2.04. The first kappa shape index (κ1) is 12.8. The Morgan fingerprint density at radius 1 is 1.39 bits per heavy atom. The molecule has 1 aromatic heterocycles. The third-order valence-corrected chi connectivity index (χ3v) is 3.08. The Balaban J connectivity index is 1.94. The number of hydrogen-bond acceptors (Lipinski definition) is 6. The predicted molar refractivity (Wildman–Crippen MR) is 70.2 cm³/mol. The van der Waals surface area contributed by atoms with Gasteiger partial charge in [-0.2, -0.15) is 9.36 Å². The van der Waals surface area contributed by atoms with E-state index in [2.05, 4.69) is 30.6 Å². The van der Waals surface area contributed by atoms with E-state index in [1.165, 1.54) is 0 Å². The van der Waals surface area contributed by atoms with Gasteiger partial charge in [0.25, 0.3) is 0 Å². The Morgan fingerprint density at radius 3 is 2.67 bits per heavy atom. The second kappa shape index (κ2) is 5.78. The van der Waals surface area contributed by atoms with Crippen molar-refractivity contribution in [3.05, 3.63) is 29.0 Å². The minimum absolute atomic E-state index is 0.174. The number of methoxy groups -OCH3 is 1. The van der Waals surface area contributed by atoms with Crippen LogP contribution in [-0.4, -0.2) is 22.6 Å². The highest BCUT2D eigenvalue weighted by Gasteiger charge is 2.09. The van der Waals surface area contributed by atoms with E-state index in [-0.39, 0.29) is 5.19 Å². The van der Waals surface area contributed by atoms with Gasteiger partial charge in [-0.05, 0) is 40.2 Å². The average molecular weight is 330 g/mol. The van der Waals surface area contributed by atoms with Crippen molar-refractivity contribution in [2.75, 3.05) is 12.4 Å². The van der Waals surface area contributed by atoms with E-state index in [9.17, 15) is 4.79 Å². The number of anilines is 1. The minimum atomic E-state index is -0.621. The van der Waals surface area contributed by atoms with E-state index < -0.39 is 6.09 Å². The number of aromatic nitrogens is 2. The molecule has 0 aliphatic rings.